The smallest absolute Gasteiger partial charge is 0.237 e. The molecule has 1 atom stereocenters. The molecule has 4 heteroatoms. The Morgan fingerprint density at radius 1 is 1.33 bits per heavy atom. The normalized spacial score (nSPS) is 15.2. The lowest BCUT2D eigenvalue weighted by Gasteiger charge is -2.33. The lowest BCUT2D eigenvalue weighted by Crippen LogP contribution is -2.30. The highest BCUT2D eigenvalue weighted by Crippen LogP contribution is 2.59. The summed E-state index contributed by atoms with van der Waals surface area (Å²) >= 11 is 0. The van der Waals surface area contributed by atoms with E-state index in [1.807, 2.05) is 45.0 Å². The predicted octanol–water partition coefficient (Wildman–Crippen LogP) is 3.30. The van der Waals surface area contributed by atoms with Crippen molar-refractivity contribution in [3.05, 3.63) is 29.8 Å². The van der Waals surface area contributed by atoms with E-state index in [0.29, 0.717) is 5.30 Å². The molecule has 0 saturated carbocycles. The Hall–Kier alpha value is -0.920. The summed E-state index contributed by atoms with van der Waals surface area (Å²) < 4.78 is 18.6. The standard InChI is InChI=1S/C14H21O3P/c1-11-8-6-7-9-13(11)18(16,17-5)14(3,4)10-12(2)15/h6-9H,10H2,1-5H3. The van der Waals surface area contributed by atoms with E-state index in [0.717, 1.165) is 5.56 Å². The van der Waals surface area contributed by atoms with Crippen LogP contribution >= 0.6 is 7.37 Å². The van der Waals surface area contributed by atoms with Crippen molar-refractivity contribution < 1.29 is 13.9 Å². The molecule has 0 aliphatic carbocycles. The molecular weight excluding hydrogens is 247 g/mol. The molecule has 0 aliphatic heterocycles. The van der Waals surface area contributed by atoms with Gasteiger partial charge in [-0.05, 0) is 25.5 Å². The van der Waals surface area contributed by atoms with Crippen LogP contribution in [0.3, 0.4) is 0 Å². The van der Waals surface area contributed by atoms with Crippen LogP contribution in [0.4, 0.5) is 0 Å². The van der Waals surface area contributed by atoms with E-state index in [1.165, 1.54) is 14.0 Å². The van der Waals surface area contributed by atoms with Crippen molar-refractivity contribution in [2.24, 2.45) is 0 Å². The molecule has 0 N–H and O–H groups in total. The van der Waals surface area contributed by atoms with Crippen LogP contribution in [0.5, 0.6) is 0 Å². The first-order valence-electron chi connectivity index (χ1n) is 5.96. The molecule has 0 fully saturated rings. The number of aryl methyl sites for hydroxylation is 1. The maximum absolute atomic E-state index is 13.2. The number of rotatable bonds is 5. The van der Waals surface area contributed by atoms with Crippen LogP contribution in [0.15, 0.2) is 24.3 Å². The second-order valence-corrected chi connectivity index (χ2v) is 8.37. The van der Waals surface area contributed by atoms with Gasteiger partial charge in [0.2, 0.25) is 7.37 Å². The Kier molecular flexibility index (Phi) is 4.52. The molecule has 1 aromatic carbocycles. The minimum atomic E-state index is -3.07. The van der Waals surface area contributed by atoms with E-state index in [-0.39, 0.29) is 12.2 Å². The number of ketones is 1. The second kappa shape index (κ2) is 5.38. The van der Waals surface area contributed by atoms with E-state index in [9.17, 15) is 9.36 Å². The van der Waals surface area contributed by atoms with Crippen LogP contribution < -0.4 is 5.30 Å². The van der Waals surface area contributed by atoms with Crippen LogP contribution in [0.25, 0.3) is 0 Å². The number of carbonyl (C=O) groups is 1. The van der Waals surface area contributed by atoms with E-state index >= 15 is 0 Å². The summed E-state index contributed by atoms with van der Waals surface area (Å²) in [6, 6.07) is 7.47. The zero-order valence-electron chi connectivity index (χ0n) is 11.7. The molecule has 0 amide bonds. The number of hydrogen-bond donors (Lipinski definition) is 0. The van der Waals surface area contributed by atoms with E-state index in [1.54, 1.807) is 0 Å². The largest absolute Gasteiger partial charge is 0.328 e. The second-order valence-electron chi connectivity index (χ2n) is 5.21. The van der Waals surface area contributed by atoms with E-state index in [4.69, 9.17) is 4.52 Å². The van der Waals surface area contributed by atoms with Gasteiger partial charge in [0.15, 0.2) is 0 Å². The van der Waals surface area contributed by atoms with Crippen molar-refractivity contribution in [1.29, 1.82) is 0 Å². The summed E-state index contributed by atoms with van der Waals surface area (Å²) in [7, 11) is -1.61. The zero-order chi connectivity index (χ0) is 14.0. The van der Waals surface area contributed by atoms with Gasteiger partial charge >= 0.3 is 0 Å². The van der Waals surface area contributed by atoms with Gasteiger partial charge in [-0.15, -0.1) is 0 Å². The minimum Gasteiger partial charge on any atom is -0.328 e. The van der Waals surface area contributed by atoms with Gasteiger partial charge < -0.3 is 4.52 Å². The molecule has 18 heavy (non-hydrogen) atoms. The van der Waals surface area contributed by atoms with Crippen LogP contribution in [0, 0.1) is 6.92 Å². The van der Waals surface area contributed by atoms with Crippen molar-refractivity contribution in [2.75, 3.05) is 7.11 Å². The molecule has 1 aromatic rings. The molecule has 100 valence electrons. The summed E-state index contributed by atoms with van der Waals surface area (Å²) in [6.45, 7) is 7.07. The number of hydrogen-bond acceptors (Lipinski definition) is 3. The number of benzene rings is 1. The number of carbonyl (C=O) groups excluding carboxylic acids is 1. The molecule has 3 nitrogen and oxygen atoms in total. The first kappa shape index (κ1) is 15.1. The average Bonchev–Trinajstić information content (AvgIpc) is 2.26. The van der Waals surface area contributed by atoms with Gasteiger partial charge in [-0.1, -0.05) is 32.0 Å². The fraction of sp³-hybridized carbons (Fsp3) is 0.500. The predicted molar refractivity (Wildman–Crippen MR) is 74.8 cm³/mol. The summed E-state index contributed by atoms with van der Waals surface area (Å²) in [5.41, 5.74) is 0.930. The van der Waals surface area contributed by atoms with Crippen LogP contribution in [0.1, 0.15) is 32.8 Å². The third-order valence-corrected chi connectivity index (χ3v) is 6.57. The third kappa shape index (κ3) is 2.73. The quantitative estimate of drug-likeness (QED) is 0.769. The third-order valence-electron chi connectivity index (χ3n) is 3.17. The van der Waals surface area contributed by atoms with Crippen molar-refractivity contribution >= 4 is 18.5 Å². The van der Waals surface area contributed by atoms with Crippen molar-refractivity contribution in [3.63, 3.8) is 0 Å². The van der Waals surface area contributed by atoms with Gasteiger partial charge in [0.1, 0.15) is 5.78 Å². The molecular formula is C14H21O3P. The lowest BCUT2D eigenvalue weighted by atomic mass is 10.1. The van der Waals surface area contributed by atoms with Crippen molar-refractivity contribution in [3.8, 4) is 0 Å². The summed E-state index contributed by atoms with van der Waals surface area (Å²) in [5.74, 6) is 0.0193. The Morgan fingerprint density at radius 3 is 2.33 bits per heavy atom. The zero-order valence-corrected chi connectivity index (χ0v) is 12.6. The van der Waals surface area contributed by atoms with Gasteiger partial charge in [-0.3, -0.25) is 9.36 Å². The van der Waals surface area contributed by atoms with Crippen molar-refractivity contribution in [1.82, 2.24) is 0 Å². The Labute approximate surface area is 109 Å². The van der Waals surface area contributed by atoms with E-state index < -0.39 is 12.5 Å². The fourth-order valence-corrected chi connectivity index (χ4v) is 4.87. The number of Topliss-reactive ketones (excluding diaryl/α,β-unsaturated/α-hetero) is 1. The van der Waals surface area contributed by atoms with Crippen LogP contribution in [0.2, 0.25) is 0 Å². The lowest BCUT2D eigenvalue weighted by molar-refractivity contribution is -0.117. The Balaban J connectivity index is 3.34. The molecule has 0 spiro atoms. The van der Waals surface area contributed by atoms with Crippen molar-refractivity contribution in [2.45, 2.75) is 39.3 Å². The van der Waals surface area contributed by atoms with Gasteiger partial charge in [0.05, 0.1) is 5.16 Å². The van der Waals surface area contributed by atoms with Gasteiger partial charge in [0.25, 0.3) is 0 Å². The molecule has 0 bridgehead atoms. The molecule has 0 radical (unpaired) electrons. The topological polar surface area (TPSA) is 43.4 Å². The molecule has 1 unspecified atom stereocenters. The maximum atomic E-state index is 13.2. The molecule has 0 heterocycles. The van der Waals surface area contributed by atoms with Crippen LogP contribution in [-0.2, 0) is 13.9 Å². The minimum absolute atomic E-state index is 0.0193. The van der Waals surface area contributed by atoms with E-state index in [2.05, 4.69) is 0 Å². The SMILES string of the molecule is COP(=O)(c1ccccc1C)C(C)(C)CC(C)=O. The summed E-state index contributed by atoms with van der Waals surface area (Å²) in [4.78, 5) is 11.4. The summed E-state index contributed by atoms with van der Waals surface area (Å²) in [6.07, 6.45) is 0.243. The molecule has 0 aromatic heterocycles. The van der Waals surface area contributed by atoms with Gasteiger partial charge in [-0.2, -0.15) is 0 Å². The summed E-state index contributed by atoms with van der Waals surface area (Å²) in [5, 5.41) is 0.0124. The molecule has 0 saturated heterocycles. The first-order chi connectivity index (χ1) is 8.24. The average molecular weight is 268 g/mol. The first-order valence-corrected chi connectivity index (χ1v) is 7.58. The molecule has 1 rings (SSSR count). The molecule has 0 aliphatic rings. The highest BCUT2D eigenvalue weighted by Gasteiger charge is 2.43. The highest BCUT2D eigenvalue weighted by atomic mass is 31.2. The maximum Gasteiger partial charge on any atom is 0.237 e. The Bertz CT molecular complexity index is 492. The van der Waals surface area contributed by atoms with Crippen LogP contribution in [-0.4, -0.2) is 18.0 Å². The Morgan fingerprint density at radius 2 is 1.89 bits per heavy atom. The fourth-order valence-electron chi connectivity index (χ4n) is 2.28. The van der Waals surface area contributed by atoms with Gasteiger partial charge in [0, 0.05) is 18.8 Å². The van der Waals surface area contributed by atoms with Gasteiger partial charge in [-0.25, -0.2) is 0 Å². The monoisotopic (exact) mass is 268 g/mol. The highest BCUT2D eigenvalue weighted by molar-refractivity contribution is 7.68.